The van der Waals surface area contributed by atoms with Gasteiger partial charge in [0.05, 0.1) is 34.4 Å². The summed E-state index contributed by atoms with van der Waals surface area (Å²) in [6.07, 6.45) is 14.5. The fourth-order valence-corrected chi connectivity index (χ4v) is 2.73. The van der Waals surface area contributed by atoms with Gasteiger partial charge in [-0.3, -0.25) is 4.18 Å². The second kappa shape index (κ2) is 18.2. The van der Waals surface area contributed by atoms with Crippen LogP contribution in [0.5, 0.6) is 0 Å². The number of aliphatic hydroxyl groups is 1. The monoisotopic (exact) mass is 397 g/mol. The van der Waals surface area contributed by atoms with Crippen molar-refractivity contribution in [2.75, 3.05) is 40.9 Å². The van der Waals surface area contributed by atoms with E-state index in [2.05, 4.69) is 32.2 Å². The van der Waals surface area contributed by atoms with Crippen LogP contribution in [-0.2, 0) is 14.6 Å². The fourth-order valence-electron chi connectivity index (χ4n) is 2.40. The summed E-state index contributed by atoms with van der Waals surface area (Å²) in [5, 5.41) is 8.39. The van der Waals surface area contributed by atoms with E-state index >= 15 is 0 Å². The van der Waals surface area contributed by atoms with Crippen LogP contribution in [0.1, 0.15) is 84.0 Å². The van der Waals surface area contributed by atoms with Gasteiger partial charge in [-0.2, -0.15) is 0 Å². The Morgan fingerprint density at radius 2 is 1.19 bits per heavy atom. The third-order valence-electron chi connectivity index (χ3n) is 4.00. The van der Waals surface area contributed by atoms with Crippen LogP contribution in [0.25, 0.3) is 0 Å². The summed E-state index contributed by atoms with van der Waals surface area (Å²) in [4.78, 5) is 0. The van der Waals surface area contributed by atoms with Gasteiger partial charge in [-0.05, 0) is 6.42 Å². The fraction of sp³-hybridized carbons (Fsp3) is 1.00. The quantitative estimate of drug-likeness (QED) is 0.185. The molecular weight excluding hydrogens is 354 g/mol. The van der Waals surface area contributed by atoms with E-state index in [0.717, 1.165) is 23.9 Å². The maximum absolute atomic E-state index is 10.2. The summed E-state index contributed by atoms with van der Waals surface area (Å²) >= 11 is 0. The summed E-state index contributed by atoms with van der Waals surface area (Å²) in [6.45, 7) is 3.38. The van der Waals surface area contributed by atoms with Crippen molar-refractivity contribution in [1.82, 2.24) is 0 Å². The zero-order valence-electron chi connectivity index (χ0n) is 17.5. The Balaban J connectivity index is 0. The van der Waals surface area contributed by atoms with Crippen molar-refractivity contribution in [3.63, 3.8) is 0 Å². The van der Waals surface area contributed by atoms with Gasteiger partial charge >= 0.3 is 0 Å². The Morgan fingerprint density at radius 1 is 0.808 bits per heavy atom. The first-order chi connectivity index (χ1) is 12.1. The summed E-state index contributed by atoms with van der Waals surface area (Å²) < 4.78 is 35.4. The third-order valence-corrected chi connectivity index (χ3v) is 4.45. The minimum absolute atomic E-state index is 0.0310. The van der Waals surface area contributed by atoms with Gasteiger partial charge in [-0.15, -0.1) is 0 Å². The molecule has 0 saturated heterocycles. The highest BCUT2D eigenvalue weighted by Crippen LogP contribution is 2.11. The second-order valence-corrected chi connectivity index (χ2v) is 8.91. The standard InChI is InChI=1S/C14H30O4S.C5H14NO/c1-2-3-4-5-6-7-8-9-10-11-12-13-14-18-19(15,16)17;1-6(2,3)4-5-7/h2-14H2,1H3,(H,15,16,17);7H,4-5H2,1-3H3/q;+1/p-1. The normalized spacial score (nSPS) is 11.9. The minimum Gasteiger partial charge on any atom is -0.726 e. The van der Waals surface area contributed by atoms with E-state index in [1.807, 2.05) is 0 Å². The zero-order chi connectivity index (χ0) is 20.3. The molecule has 160 valence electrons. The maximum Gasteiger partial charge on any atom is 0.217 e. The highest BCUT2D eigenvalue weighted by Gasteiger charge is 2.02. The average Bonchev–Trinajstić information content (AvgIpc) is 2.50. The molecule has 0 rings (SSSR count). The molecule has 0 saturated carbocycles. The van der Waals surface area contributed by atoms with Crippen molar-refractivity contribution in [3.05, 3.63) is 0 Å². The van der Waals surface area contributed by atoms with Crippen molar-refractivity contribution in [2.24, 2.45) is 0 Å². The number of hydrogen-bond acceptors (Lipinski definition) is 5. The van der Waals surface area contributed by atoms with Crippen molar-refractivity contribution >= 4 is 10.4 Å². The lowest BCUT2D eigenvalue weighted by Gasteiger charge is -2.21. The SMILES string of the molecule is CCCCCCCCCCCCCCOS(=O)(=O)[O-].C[N+](C)(C)CCO. The number of rotatable bonds is 16. The van der Waals surface area contributed by atoms with Gasteiger partial charge in [0.2, 0.25) is 10.4 Å². The lowest BCUT2D eigenvalue weighted by molar-refractivity contribution is -0.870. The number of aliphatic hydroxyl groups excluding tert-OH is 1. The van der Waals surface area contributed by atoms with Crippen molar-refractivity contribution in [2.45, 2.75) is 84.0 Å². The minimum atomic E-state index is -4.49. The van der Waals surface area contributed by atoms with Crippen LogP contribution in [0.2, 0.25) is 0 Å². The predicted octanol–water partition coefficient (Wildman–Crippen LogP) is 3.85. The van der Waals surface area contributed by atoms with Gasteiger partial charge in [-0.1, -0.05) is 77.6 Å². The summed E-state index contributed by atoms with van der Waals surface area (Å²) in [5.41, 5.74) is 0. The van der Waals surface area contributed by atoms with Crippen LogP contribution in [0.15, 0.2) is 0 Å². The molecule has 0 atom stereocenters. The number of likely N-dealkylation sites (N-methyl/N-ethyl adjacent to an activating group) is 1. The Labute approximate surface area is 162 Å². The van der Waals surface area contributed by atoms with E-state index in [1.165, 1.54) is 57.8 Å². The van der Waals surface area contributed by atoms with E-state index < -0.39 is 10.4 Å². The highest BCUT2D eigenvalue weighted by atomic mass is 32.3. The molecule has 0 spiro atoms. The zero-order valence-corrected chi connectivity index (χ0v) is 18.4. The third kappa shape index (κ3) is 31.5. The van der Waals surface area contributed by atoms with Crippen LogP contribution in [0, 0.1) is 0 Å². The molecule has 0 aromatic rings. The van der Waals surface area contributed by atoms with Gasteiger partial charge in [0.15, 0.2) is 0 Å². The molecule has 0 heterocycles. The van der Waals surface area contributed by atoms with Crippen molar-refractivity contribution in [1.29, 1.82) is 0 Å². The summed E-state index contributed by atoms with van der Waals surface area (Å²) in [6, 6.07) is 0. The number of quaternary nitrogens is 1. The molecule has 0 aromatic carbocycles. The van der Waals surface area contributed by atoms with Crippen LogP contribution < -0.4 is 0 Å². The van der Waals surface area contributed by atoms with Gasteiger partial charge < -0.3 is 14.1 Å². The molecular formula is C19H43NO5S. The van der Waals surface area contributed by atoms with Crippen LogP contribution in [0.4, 0.5) is 0 Å². The molecule has 0 unspecified atom stereocenters. The first-order valence-electron chi connectivity index (χ1n) is 10.1. The maximum atomic E-state index is 10.2. The molecule has 7 heteroatoms. The molecule has 0 radical (unpaired) electrons. The van der Waals surface area contributed by atoms with Crippen LogP contribution in [-0.4, -0.2) is 63.5 Å². The Kier molecular flexibility index (Phi) is 19.6. The molecule has 0 aromatic heterocycles. The smallest absolute Gasteiger partial charge is 0.217 e. The van der Waals surface area contributed by atoms with E-state index in [1.54, 1.807) is 0 Å². The van der Waals surface area contributed by atoms with Gasteiger partial charge in [-0.25, -0.2) is 8.42 Å². The highest BCUT2D eigenvalue weighted by molar-refractivity contribution is 7.80. The van der Waals surface area contributed by atoms with Crippen molar-refractivity contribution in [3.8, 4) is 0 Å². The number of nitrogens with zero attached hydrogens (tertiary/aromatic N) is 1. The van der Waals surface area contributed by atoms with E-state index in [-0.39, 0.29) is 13.2 Å². The Hall–Kier alpha value is -0.210. The Morgan fingerprint density at radius 3 is 1.46 bits per heavy atom. The van der Waals surface area contributed by atoms with Crippen molar-refractivity contribution < 1.29 is 26.7 Å². The number of unbranched alkanes of at least 4 members (excludes halogenated alkanes) is 11. The van der Waals surface area contributed by atoms with Gasteiger partial charge in [0.25, 0.3) is 0 Å². The number of hydrogen-bond donors (Lipinski definition) is 1. The lowest BCUT2D eigenvalue weighted by Crippen LogP contribution is -2.36. The average molecular weight is 398 g/mol. The molecule has 1 N–H and O–H groups in total. The summed E-state index contributed by atoms with van der Waals surface area (Å²) in [5.74, 6) is 0. The molecule has 0 aliphatic carbocycles. The largest absolute Gasteiger partial charge is 0.726 e. The predicted molar refractivity (Wildman–Crippen MR) is 107 cm³/mol. The molecule has 0 fully saturated rings. The van der Waals surface area contributed by atoms with Gasteiger partial charge in [0.1, 0.15) is 6.54 Å². The van der Waals surface area contributed by atoms with E-state index in [0.29, 0.717) is 6.42 Å². The second-order valence-electron chi connectivity index (χ2n) is 7.86. The Bertz CT molecular complexity index is 380. The molecule has 0 aliphatic heterocycles. The molecule has 0 aliphatic rings. The molecule has 0 bridgehead atoms. The molecule has 26 heavy (non-hydrogen) atoms. The first kappa shape index (κ1) is 28.0. The molecule has 0 amide bonds. The first-order valence-corrected chi connectivity index (χ1v) is 11.5. The lowest BCUT2D eigenvalue weighted by atomic mass is 10.1. The van der Waals surface area contributed by atoms with E-state index in [9.17, 15) is 13.0 Å². The van der Waals surface area contributed by atoms with E-state index in [4.69, 9.17) is 5.11 Å². The molecule has 6 nitrogen and oxygen atoms in total. The topological polar surface area (TPSA) is 86.7 Å². The van der Waals surface area contributed by atoms with Crippen LogP contribution >= 0.6 is 0 Å². The van der Waals surface area contributed by atoms with Gasteiger partial charge in [0, 0.05) is 0 Å². The van der Waals surface area contributed by atoms with Crippen LogP contribution in [0.3, 0.4) is 0 Å². The summed E-state index contributed by atoms with van der Waals surface area (Å²) in [7, 11) is 1.67.